The summed E-state index contributed by atoms with van der Waals surface area (Å²) in [6.45, 7) is 0. The zero-order valence-corrected chi connectivity index (χ0v) is 15.7. The van der Waals surface area contributed by atoms with Gasteiger partial charge in [0.25, 0.3) is 0 Å². The van der Waals surface area contributed by atoms with Gasteiger partial charge in [0.2, 0.25) is 5.88 Å². The first kappa shape index (κ1) is 19.8. The lowest BCUT2D eigenvalue weighted by molar-refractivity contribution is -0.137. The van der Waals surface area contributed by atoms with Crippen LogP contribution in [0.5, 0.6) is 5.88 Å². The second kappa shape index (κ2) is 6.91. The number of alkyl halides is 5. The summed E-state index contributed by atoms with van der Waals surface area (Å²) in [5, 5.41) is 22.5. The zero-order valence-electron chi connectivity index (χ0n) is 12.7. The van der Waals surface area contributed by atoms with Gasteiger partial charge in [-0.05, 0) is 12.1 Å². The van der Waals surface area contributed by atoms with Crippen LogP contribution in [0.4, 0.5) is 13.2 Å². The maximum Gasteiger partial charge on any atom is 0.416 e. The van der Waals surface area contributed by atoms with Crippen molar-refractivity contribution in [3.63, 3.8) is 0 Å². The Labute approximate surface area is 169 Å². The Kier molecular flexibility index (Phi) is 5.08. The first-order valence-electron chi connectivity index (χ1n) is 6.92. The lowest BCUT2D eigenvalue weighted by atomic mass is 10.1. The van der Waals surface area contributed by atoms with Crippen molar-refractivity contribution in [2.45, 2.75) is 11.0 Å². The minimum Gasteiger partial charge on any atom is -0.493 e. The molecule has 0 unspecified atom stereocenters. The Morgan fingerprint density at radius 3 is 2.22 bits per heavy atom. The Hall–Kier alpha value is -1.92. The summed E-state index contributed by atoms with van der Waals surface area (Å²) in [6, 6.07) is 4.29. The van der Waals surface area contributed by atoms with Crippen LogP contribution in [0, 0.1) is 11.3 Å². The largest absolute Gasteiger partial charge is 0.493 e. The topological polar surface area (TPSA) is 74.7 Å². The normalized spacial score (nSPS) is 12.0. The average molecular weight is 456 g/mol. The molecule has 0 aliphatic rings. The highest BCUT2D eigenvalue weighted by Crippen LogP contribution is 2.40. The predicted molar refractivity (Wildman–Crippen MR) is 94.7 cm³/mol. The third-order valence-electron chi connectivity index (χ3n) is 3.55. The molecule has 0 bridgehead atoms. The van der Waals surface area contributed by atoms with Gasteiger partial charge in [-0.25, -0.2) is 4.68 Å². The highest BCUT2D eigenvalue weighted by atomic mass is 35.5. The van der Waals surface area contributed by atoms with Crippen LogP contribution >= 0.6 is 46.4 Å². The number of rotatable bonds is 2. The van der Waals surface area contributed by atoms with Crippen molar-refractivity contribution in [2.24, 2.45) is 0 Å². The summed E-state index contributed by atoms with van der Waals surface area (Å²) in [6.07, 6.45) is -4.66. The van der Waals surface area contributed by atoms with Crippen LogP contribution in [0.3, 0.4) is 0 Å². The molecule has 1 aromatic carbocycles. The number of pyridine rings is 1. The first-order chi connectivity index (χ1) is 12.5. The number of hydrogen-bond donors (Lipinski definition) is 1. The van der Waals surface area contributed by atoms with Gasteiger partial charge in [-0.1, -0.05) is 23.2 Å². The summed E-state index contributed by atoms with van der Waals surface area (Å²) < 4.78 is 39.7. The molecule has 0 saturated carbocycles. The van der Waals surface area contributed by atoms with Crippen molar-refractivity contribution in [1.29, 1.82) is 5.26 Å². The van der Waals surface area contributed by atoms with Crippen molar-refractivity contribution >= 4 is 57.4 Å². The Bertz CT molecular complexity index is 1080. The van der Waals surface area contributed by atoms with E-state index in [1.165, 1.54) is 0 Å². The van der Waals surface area contributed by atoms with Crippen molar-refractivity contribution in [2.75, 3.05) is 0 Å². The SMILES string of the molecule is N#Cc1nn(-c2c(Cl)cc(C(F)(F)F)cc2Cl)c2nc(O)cc(C(Cl)Cl)c12. The van der Waals surface area contributed by atoms with Crippen molar-refractivity contribution in [3.05, 3.63) is 45.1 Å². The van der Waals surface area contributed by atoms with Gasteiger partial charge in [-0.15, -0.1) is 23.2 Å². The fourth-order valence-electron chi connectivity index (χ4n) is 2.47. The van der Waals surface area contributed by atoms with E-state index < -0.39 is 22.5 Å². The number of fused-ring (bicyclic) bond motifs is 1. The van der Waals surface area contributed by atoms with Crippen LogP contribution in [0.1, 0.15) is 21.7 Å². The van der Waals surface area contributed by atoms with E-state index in [4.69, 9.17) is 46.4 Å². The van der Waals surface area contributed by atoms with Crippen molar-refractivity contribution < 1.29 is 18.3 Å². The number of benzene rings is 1. The number of halogens is 7. The summed E-state index contributed by atoms with van der Waals surface area (Å²) in [5.41, 5.74) is -1.34. The van der Waals surface area contributed by atoms with Gasteiger partial charge in [-0.3, -0.25) is 0 Å². The molecule has 0 radical (unpaired) electrons. The van der Waals surface area contributed by atoms with Gasteiger partial charge < -0.3 is 5.11 Å². The summed E-state index contributed by atoms with van der Waals surface area (Å²) >= 11 is 23.7. The number of hydrogen-bond acceptors (Lipinski definition) is 4. The molecule has 0 amide bonds. The van der Waals surface area contributed by atoms with Crippen LogP contribution < -0.4 is 0 Å². The Balaban J connectivity index is 2.39. The van der Waals surface area contributed by atoms with Gasteiger partial charge in [0.15, 0.2) is 11.3 Å². The lowest BCUT2D eigenvalue weighted by Crippen LogP contribution is -2.07. The molecule has 3 aromatic rings. The van der Waals surface area contributed by atoms with Crippen LogP contribution in [0.25, 0.3) is 16.7 Å². The lowest BCUT2D eigenvalue weighted by Gasteiger charge is -2.13. The molecule has 0 spiro atoms. The highest BCUT2D eigenvalue weighted by molar-refractivity contribution is 6.44. The number of nitriles is 1. The molecule has 0 aliphatic heterocycles. The maximum atomic E-state index is 12.9. The van der Waals surface area contributed by atoms with Gasteiger partial charge in [0.05, 0.1) is 21.0 Å². The predicted octanol–water partition coefficient (Wildman–Crippen LogP) is 5.80. The molecule has 2 aromatic heterocycles. The molecule has 3 rings (SSSR count). The Morgan fingerprint density at radius 2 is 1.74 bits per heavy atom. The molecule has 0 saturated heterocycles. The van der Waals surface area contributed by atoms with Crippen LogP contribution in [-0.4, -0.2) is 19.9 Å². The standard InChI is InChI=1S/C15H5Cl4F3N4O/c16-7-1-5(15(20,21)22)2-8(17)12(7)26-14-11(9(4-23)25-26)6(13(18)19)3-10(27)24-14/h1-3,13H,(H,24,27). The molecular formula is C15H5Cl4F3N4O. The van der Waals surface area contributed by atoms with Crippen molar-refractivity contribution in [3.8, 4) is 17.6 Å². The molecule has 12 heteroatoms. The van der Waals surface area contributed by atoms with E-state index in [0.29, 0.717) is 12.1 Å². The van der Waals surface area contributed by atoms with E-state index in [9.17, 15) is 23.5 Å². The summed E-state index contributed by atoms with van der Waals surface area (Å²) in [4.78, 5) is 2.73. The minimum atomic E-state index is -4.66. The first-order valence-corrected chi connectivity index (χ1v) is 8.55. The zero-order chi connectivity index (χ0) is 20.1. The third kappa shape index (κ3) is 3.48. The highest BCUT2D eigenvalue weighted by Gasteiger charge is 2.33. The second-order valence-electron chi connectivity index (χ2n) is 5.23. The van der Waals surface area contributed by atoms with Gasteiger partial charge in [0, 0.05) is 11.6 Å². The quantitative estimate of drug-likeness (QED) is 0.495. The monoisotopic (exact) mass is 454 g/mol. The summed E-state index contributed by atoms with van der Waals surface area (Å²) in [5.74, 6) is -0.492. The van der Waals surface area contributed by atoms with E-state index in [1.807, 2.05) is 6.07 Å². The molecule has 27 heavy (non-hydrogen) atoms. The fourth-order valence-corrected chi connectivity index (χ4v) is 3.46. The molecule has 5 nitrogen and oxygen atoms in total. The molecule has 0 atom stereocenters. The van der Waals surface area contributed by atoms with E-state index in [0.717, 1.165) is 10.7 Å². The van der Waals surface area contributed by atoms with E-state index in [2.05, 4.69) is 10.1 Å². The van der Waals surface area contributed by atoms with E-state index in [-0.39, 0.29) is 38.0 Å². The molecule has 140 valence electrons. The second-order valence-corrected chi connectivity index (χ2v) is 7.14. The van der Waals surface area contributed by atoms with Gasteiger partial charge >= 0.3 is 6.18 Å². The van der Waals surface area contributed by atoms with Gasteiger partial charge in [0.1, 0.15) is 16.6 Å². The molecule has 2 heterocycles. The van der Waals surface area contributed by atoms with E-state index >= 15 is 0 Å². The fraction of sp³-hybridized carbons (Fsp3) is 0.133. The number of aromatic hydroxyl groups is 1. The minimum absolute atomic E-state index is 0.101. The number of nitrogens with zero attached hydrogens (tertiary/aromatic N) is 4. The maximum absolute atomic E-state index is 12.9. The molecular weight excluding hydrogens is 451 g/mol. The average Bonchev–Trinajstić information content (AvgIpc) is 2.90. The summed E-state index contributed by atoms with van der Waals surface area (Å²) in [7, 11) is 0. The van der Waals surface area contributed by atoms with Gasteiger partial charge in [-0.2, -0.15) is 28.5 Å². The van der Waals surface area contributed by atoms with Crippen LogP contribution in [0.15, 0.2) is 18.2 Å². The molecule has 1 N–H and O–H groups in total. The smallest absolute Gasteiger partial charge is 0.416 e. The molecule has 0 aliphatic carbocycles. The van der Waals surface area contributed by atoms with Crippen LogP contribution in [-0.2, 0) is 6.18 Å². The number of aromatic nitrogens is 3. The molecule has 0 fully saturated rings. The Morgan fingerprint density at radius 1 is 1.15 bits per heavy atom. The van der Waals surface area contributed by atoms with E-state index in [1.54, 1.807) is 0 Å². The van der Waals surface area contributed by atoms with Crippen LogP contribution in [0.2, 0.25) is 10.0 Å². The van der Waals surface area contributed by atoms with Crippen molar-refractivity contribution in [1.82, 2.24) is 14.8 Å². The third-order valence-corrected chi connectivity index (χ3v) is 4.60.